The van der Waals surface area contributed by atoms with Gasteiger partial charge in [-0.3, -0.25) is 19.4 Å². The van der Waals surface area contributed by atoms with Crippen molar-refractivity contribution in [3.63, 3.8) is 0 Å². The number of ether oxygens (including phenoxy) is 1. The predicted octanol–water partition coefficient (Wildman–Crippen LogP) is 3.21. The second-order valence-electron chi connectivity index (χ2n) is 8.10. The second kappa shape index (κ2) is 8.93. The predicted molar refractivity (Wildman–Crippen MR) is 119 cm³/mol. The van der Waals surface area contributed by atoms with E-state index in [1.165, 1.54) is 11.0 Å². The third-order valence-electron chi connectivity index (χ3n) is 6.09. The Morgan fingerprint density at radius 2 is 1.82 bits per heavy atom. The molecule has 4 rings (SSSR count). The lowest BCUT2D eigenvalue weighted by Crippen LogP contribution is -2.56. The molecule has 1 N–H and O–H groups in total. The fourth-order valence-electron chi connectivity index (χ4n) is 4.22. The lowest BCUT2D eigenvalue weighted by molar-refractivity contribution is -0.137. The highest BCUT2D eigenvalue weighted by Crippen LogP contribution is 2.37. The standard InChI is InChI=1S/C23H25F3N4O3/c1-15(28-8-10-29(11-9-28)17-4-3-5-18(13-17)33-2)22(32)30-14-21(31)27-19-12-16(23(24,25)26)6-7-20(19)30/h3-7,12-13,15H,8-11,14H2,1-2H3,(H,27,31). The summed E-state index contributed by atoms with van der Waals surface area (Å²) in [5, 5.41) is 2.45. The van der Waals surface area contributed by atoms with Crippen LogP contribution in [0.15, 0.2) is 42.5 Å². The van der Waals surface area contributed by atoms with Crippen molar-refractivity contribution in [3.05, 3.63) is 48.0 Å². The molecular formula is C23H25F3N4O3. The van der Waals surface area contributed by atoms with E-state index in [2.05, 4.69) is 10.2 Å². The molecule has 33 heavy (non-hydrogen) atoms. The summed E-state index contributed by atoms with van der Waals surface area (Å²) in [5.41, 5.74) is 0.423. The van der Waals surface area contributed by atoms with Crippen LogP contribution >= 0.6 is 0 Å². The maximum atomic E-state index is 13.3. The lowest BCUT2D eigenvalue weighted by Gasteiger charge is -2.40. The van der Waals surface area contributed by atoms with Crippen LogP contribution in [-0.4, -0.2) is 62.6 Å². The van der Waals surface area contributed by atoms with E-state index in [-0.39, 0.29) is 23.8 Å². The highest BCUT2D eigenvalue weighted by atomic mass is 19.4. The molecule has 2 aromatic rings. The smallest absolute Gasteiger partial charge is 0.416 e. The van der Waals surface area contributed by atoms with Gasteiger partial charge in [0.25, 0.3) is 0 Å². The molecule has 7 nitrogen and oxygen atoms in total. The minimum absolute atomic E-state index is 0.00975. The van der Waals surface area contributed by atoms with E-state index < -0.39 is 23.7 Å². The summed E-state index contributed by atoms with van der Waals surface area (Å²) in [5.74, 6) is -0.0693. The number of carbonyl (C=O) groups excluding carboxylic acids is 2. The first kappa shape index (κ1) is 22.9. The number of amides is 2. The monoisotopic (exact) mass is 462 g/mol. The Morgan fingerprint density at radius 3 is 2.48 bits per heavy atom. The highest BCUT2D eigenvalue weighted by Gasteiger charge is 2.36. The number of hydrogen-bond acceptors (Lipinski definition) is 5. The van der Waals surface area contributed by atoms with Crippen molar-refractivity contribution in [3.8, 4) is 5.75 Å². The van der Waals surface area contributed by atoms with Crippen molar-refractivity contribution in [1.29, 1.82) is 0 Å². The van der Waals surface area contributed by atoms with Crippen LogP contribution in [0.3, 0.4) is 0 Å². The summed E-state index contributed by atoms with van der Waals surface area (Å²) < 4.78 is 44.5. The summed E-state index contributed by atoms with van der Waals surface area (Å²) >= 11 is 0. The van der Waals surface area contributed by atoms with E-state index in [9.17, 15) is 22.8 Å². The van der Waals surface area contributed by atoms with E-state index in [0.717, 1.165) is 23.6 Å². The van der Waals surface area contributed by atoms with Gasteiger partial charge in [-0.05, 0) is 37.3 Å². The zero-order valence-corrected chi connectivity index (χ0v) is 18.4. The van der Waals surface area contributed by atoms with Gasteiger partial charge >= 0.3 is 6.18 Å². The second-order valence-corrected chi connectivity index (χ2v) is 8.10. The van der Waals surface area contributed by atoms with Crippen molar-refractivity contribution in [2.75, 3.05) is 55.0 Å². The summed E-state index contributed by atoms with van der Waals surface area (Å²) in [6.07, 6.45) is -4.54. The normalized spacial score (nSPS) is 17.9. The van der Waals surface area contributed by atoms with Gasteiger partial charge in [0.05, 0.1) is 30.1 Å². The summed E-state index contributed by atoms with van der Waals surface area (Å²) in [6, 6.07) is 10.3. The van der Waals surface area contributed by atoms with Crippen LogP contribution in [0.4, 0.5) is 30.2 Å². The van der Waals surface area contributed by atoms with Crippen molar-refractivity contribution < 1.29 is 27.5 Å². The van der Waals surface area contributed by atoms with Crippen LogP contribution in [0.5, 0.6) is 5.75 Å². The van der Waals surface area contributed by atoms with Crippen molar-refractivity contribution >= 4 is 28.9 Å². The molecule has 2 aliphatic heterocycles. The number of methoxy groups -OCH3 is 1. The Hall–Kier alpha value is -3.27. The quantitative estimate of drug-likeness (QED) is 0.756. The van der Waals surface area contributed by atoms with Crippen molar-refractivity contribution in [2.45, 2.75) is 19.1 Å². The lowest BCUT2D eigenvalue weighted by atomic mass is 10.1. The number of rotatable bonds is 4. The molecule has 1 unspecified atom stereocenters. The van der Waals surface area contributed by atoms with Crippen LogP contribution < -0.4 is 19.9 Å². The zero-order valence-electron chi connectivity index (χ0n) is 18.4. The van der Waals surface area contributed by atoms with Crippen LogP contribution in [0, 0.1) is 0 Å². The Morgan fingerprint density at radius 1 is 1.09 bits per heavy atom. The minimum atomic E-state index is -4.54. The highest BCUT2D eigenvalue weighted by molar-refractivity contribution is 6.11. The van der Waals surface area contributed by atoms with Gasteiger partial charge in [0, 0.05) is 37.9 Å². The summed E-state index contributed by atoms with van der Waals surface area (Å²) in [6.45, 7) is 4.20. The third-order valence-corrected chi connectivity index (χ3v) is 6.09. The fraction of sp³-hybridized carbons (Fsp3) is 0.391. The molecule has 1 saturated heterocycles. The van der Waals surface area contributed by atoms with Gasteiger partial charge in [0.1, 0.15) is 12.3 Å². The van der Waals surface area contributed by atoms with Crippen LogP contribution in [0.25, 0.3) is 0 Å². The van der Waals surface area contributed by atoms with Crippen molar-refractivity contribution in [1.82, 2.24) is 4.90 Å². The van der Waals surface area contributed by atoms with Crippen LogP contribution in [-0.2, 0) is 15.8 Å². The Kier molecular flexibility index (Phi) is 6.20. The van der Waals surface area contributed by atoms with Gasteiger partial charge < -0.3 is 15.0 Å². The molecule has 0 aliphatic carbocycles. The number of nitrogens with zero attached hydrogens (tertiary/aromatic N) is 3. The number of carbonyl (C=O) groups is 2. The van der Waals surface area contributed by atoms with Crippen molar-refractivity contribution in [2.24, 2.45) is 0 Å². The topological polar surface area (TPSA) is 65.1 Å². The molecule has 0 spiro atoms. The third kappa shape index (κ3) is 4.75. The van der Waals surface area contributed by atoms with E-state index >= 15 is 0 Å². The average Bonchev–Trinajstić information content (AvgIpc) is 2.81. The molecule has 1 fully saturated rings. The minimum Gasteiger partial charge on any atom is -0.497 e. The molecule has 2 aromatic carbocycles. The van der Waals surface area contributed by atoms with Gasteiger partial charge in [-0.25, -0.2) is 0 Å². The number of alkyl halides is 3. The van der Waals surface area contributed by atoms with E-state index in [4.69, 9.17) is 4.74 Å². The van der Waals surface area contributed by atoms with Gasteiger partial charge in [0.2, 0.25) is 11.8 Å². The first-order valence-corrected chi connectivity index (χ1v) is 10.6. The number of nitrogens with one attached hydrogen (secondary N) is 1. The van der Waals surface area contributed by atoms with Gasteiger partial charge in [-0.1, -0.05) is 6.07 Å². The van der Waals surface area contributed by atoms with Gasteiger partial charge in [-0.15, -0.1) is 0 Å². The average molecular weight is 462 g/mol. The molecule has 0 bridgehead atoms. The molecule has 10 heteroatoms. The Bertz CT molecular complexity index is 1050. The fourth-order valence-corrected chi connectivity index (χ4v) is 4.22. The largest absolute Gasteiger partial charge is 0.497 e. The molecule has 0 aromatic heterocycles. The molecular weight excluding hydrogens is 437 g/mol. The van der Waals surface area contributed by atoms with E-state index in [1.54, 1.807) is 14.0 Å². The summed E-state index contributed by atoms with van der Waals surface area (Å²) in [7, 11) is 1.62. The number of fused-ring (bicyclic) bond motifs is 1. The number of anilines is 3. The molecule has 176 valence electrons. The summed E-state index contributed by atoms with van der Waals surface area (Å²) in [4.78, 5) is 30.9. The van der Waals surface area contributed by atoms with E-state index in [1.807, 2.05) is 29.2 Å². The first-order valence-electron chi connectivity index (χ1n) is 10.6. The number of benzene rings is 2. The first-order chi connectivity index (χ1) is 15.7. The molecule has 0 radical (unpaired) electrons. The molecule has 2 heterocycles. The maximum absolute atomic E-state index is 13.3. The van der Waals surface area contributed by atoms with Crippen LogP contribution in [0.2, 0.25) is 0 Å². The van der Waals surface area contributed by atoms with Gasteiger partial charge in [0.15, 0.2) is 0 Å². The Labute approximate surface area is 189 Å². The Balaban J connectivity index is 1.46. The molecule has 2 amide bonds. The van der Waals surface area contributed by atoms with E-state index in [0.29, 0.717) is 26.2 Å². The zero-order chi connectivity index (χ0) is 23.8. The molecule has 1 atom stereocenters. The maximum Gasteiger partial charge on any atom is 0.416 e. The van der Waals surface area contributed by atoms with Gasteiger partial charge in [-0.2, -0.15) is 13.2 Å². The number of hydrogen-bond donors (Lipinski definition) is 1. The number of halogens is 3. The number of piperazine rings is 1. The molecule has 2 aliphatic rings. The molecule has 0 saturated carbocycles. The van der Waals surface area contributed by atoms with Crippen LogP contribution in [0.1, 0.15) is 12.5 Å². The SMILES string of the molecule is COc1cccc(N2CCN(C(C)C(=O)N3CC(=O)Nc4cc(C(F)(F)F)ccc43)CC2)c1.